The van der Waals surface area contributed by atoms with Crippen LogP contribution in [0.1, 0.15) is 25.7 Å². The largest absolute Gasteiger partial charge is 0.359 e. The van der Waals surface area contributed by atoms with Gasteiger partial charge < -0.3 is 16.0 Å². The maximum absolute atomic E-state index is 12.3. The molecule has 0 unspecified atom stereocenters. The molecular formula is C15H19N3O. The SMILES string of the molecule is NC1CCC(C(=O)Nc2c[nH]c3ccccc23)CC1. The van der Waals surface area contributed by atoms with E-state index in [2.05, 4.69) is 10.3 Å². The van der Waals surface area contributed by atoms with Gasteiger partial charge in [0.1, 0.15) is 0 Å². The summed E-state index contributed by atoms with van der Waals surface area (Å²) in [6.07, 6.45) is 5.56. The number of para-hydroxylation sites is 1. The Morgan fingerprint density at radius 2 is 1.95 bits per heavy atom. The number of carbonyl (C=O) groups is 1. The van der Waals surface area contributed by atoms with Crippen molar-refractivity contribution in [1.82, 2.24) is 4.98 Å². The minimum absolute atomic E-state index is 0.105. The lowest BCUT2D eigenvalue weighted by atomic mass is 9.86. The smallest absolute Gasteiger partial charge is 0.227 e. The van der Waals surface area contributed by atoms with Crippen LogP contribution in [0.4, 0.5) is 5.69 Å². The normalized spacial score (nSPS) is 23.4. The van der Waals surface area contributed by atoms with E-state index in [1.165, 1.54) is 0 Å². The number of rotatable bonds is 2. The third kappa shape index (κ3) is 2.49. The zero-order valence-corrected chi connectivity index (χ0v) is 10.9. The molecule has 1 aliphatic rings. The van der Waals surface area contributed by atoms with E-state index >= 15 is 0 Å². The Bertz CT molecular complexity index is 582. The number of aromatic nitrogens is 1. The molecule has 3 rings (SSSR count). The number of anilines is 1. The molecule has 1 heterocycles. The molecule has 4 heteroatoms. The van der Waals surface area contributed by atoms with E-state index in [0.717, 1.165) is 42.3 Å². The van der Waals surface area contributed by atoms with Gasteiger partial charge in [-0.3, -0.25) is 4.79 Å². The quantitative estimate of drug-likeness (QED) is 0.774. The first kappa shape index (κ1) is 12.2. The fourth-order valence-corrected chi connectivity index (χ4v) is 2.79. The first-order valence-corrected chi connectivity index (χ1v) is 6.86. The highest BCUT2D eigenvalue weighted by atomic mass is 16.1. The first-order chi connectivity index (χ1) is 9.24. The zero-order valence-electron chi connectivity index (χ0n) is 10.9. The number of carbonyl (C=O) groups excluding carboxylic acids is 1. The van der Waals surface area contributed by atoms with Gasteiger partial charge in [-0.15, -0.1) is 0 Å². The minimum Gasteiger partial charge on any atom is -0.359 e. The fourth-order valence-electron chi connectivity index (χ4n) is 2.79. The van der Waals surface area contributed by atoms with Gasteiger partial charge in [0.25, 0.3) is 0 Å². The third-order valence-corrected chi connectivity index (χ3v) is 3.99. The van der Waals surface area contributed by atoms with Crippen LogP contribution in [0, 0.1) is 5.92 Å². The second kappa shape index (κ2) is 5.05. The summed E-state index contributed by atoms with van der Waals surface area (Å²) in [6.45, 7) is 0. The van der Waals surface area contributed by atoms with Crippen LogP contribution in [0.2, 0.25) is 0 Å². The van der Waals surface area contributed by atoms with Crippen LogP contribution in [-0.2, 0) is 4.79 Å². The van der Waals surface area contributed by atoms with Gasteiger partial charge in [-0.1, -0.05) is 18.2 Å². The summed E-state index contributed by atoms with van der Waals surface area (Å²) in [6, 6.07) is 8.25. The molecular weight excluding hydrogens is 238 g/mol. The summed E-state index contributed by atoms with van der Waals surface area (Å²) >= 11 is 0. The van der Waals surface area contributed by atoms with Crippen molar-refractivity contribution in [2.75, 3.05) is 5.32 Å². The summed E-state index contributed by atoms with van der Waals surface area (Å²) in [5.74, 6) is 0.227. The average Bonchev–Trinajstić information content (AvgIpc) is 2.83. The van der Waals surface area contributed by atoms with Gasteiger partial charge in [-0.2, -0.15) is 0 Å². The Balaban J connectivity index is 1.72. The minimum atomic E-state index is 0.105. The first-order valence-electron chi connectivity index (χ1n) is 6.86. The summed E-state index contributed by atoms with van der Waals surface area (Å²) in [5.41, 5.74) is 7.79. The molecule has 1 aromatic carbocycles. The van der Waals surface area contributed by atoms with E-state index in [0.29, 0.717) is 0 Å². The second-order valence-electron chi connectivity index (χ2n) is 5.35. The van der Waals surface area contributed by atoms with Gasteiger partial charge in [0.15, 0.2) is 0 Å². The number of H-pyrrole nitrogens is 1. The van der Waals surface area contributed by atoms with Crippen molar-refractivity contribution in [2.45, 2.75) is 31.7 Å². The average molecular weight is 257 g/mol. The van der Waals surface area contributed by atoms with Crippen molar-refractivity contribution in [3.63, 3.8) is 0 Å². The molecule has 1 amide bonds. The van der Waals surface area contributed by atoms with Crippen molar-refractivity contribution in [3.8, 4) is 0 Å². The van der Waals surface area contributed by atoms with Gasteiger partial charge in [-0.05, 0) is 31.7 Å². The van der Waals surface area contributed by atoms with Crippen molar-refractivity contribution < 1.29 is 4.79 Å². The Labute approximate surface area is 112 Å². The molecule has 1 aromatic heterocycles. The number of nitrogens with one attached hydrogen (secondary N) is 2. The molecule has 4 nitrogen and oxygen atoms in total. The lowest BCUT2D eigenvalue weighted by Crippen LogP contribution is -2.32. The van der Waals surface area contributed by atoms with Crippen LogP contribution >= 0.6 is 0 Å². The van der Waals surface area contributed by atoms with Crippen LogP contribution < -0.4 is 11.1 Å². The van der Waals surface area contributed by atoms with Crippen LogP contribution in [0.5, 0.6) is 0 Å². The lowest BCUT2D eigenvalue weighted by molar-refractivity contribution is -0.120. The number of aromatic amines is 1. The summed E-state index contributed by atoms with van der Waals surface area (Å²) in [4.78, 5) is 15.4. The van der Waals surface area contributed by atoms with Crippen LogP contribution in [-0.4, -0.2) is 16.9 Å². The molecule has 0 atom stereocenters. The second-order valence-corrected chi connectivity index (χ2v) is 5.35. The number of amides is 1. The molecule has 1 fully saturated rings. The third-order valence-electron chi connectivity index (χ3n) is 3.99. The topological polar surface area (TPSA) is 70.9 Å². The van der Waals surface area contributed by atoms with Crippen molar-refractivity contribution >= 4 is 22.5 Å². The Morgan fingerprint density at radius 3 is 2.74 bits per heavy atom. The number of hydrogen-bond donors (Lipinski definition) is 3. The molecule has 0 spiro atoms. The fraction of sp³-hybridized carbons (Fsp3) is 0.400. The molecule has 0 bridgehead atoms. The highest BCUT2D eigenvalue weighted by Crippen LogP contribution is 2.27. The Morgan fingerprint density at radius 1 is 1.21 bits per heavy atom. The predicted molar refractivity (Wildman–Crippen MR) is 76.9 cm³/mol. The summed E-state index contributed by atoms with van der Waals surface area (Å²) in [5, 5.41) is 4.10. The van der Waals surface area contributed by atoms with E-state index in [4.69, 9.17) is 5.73 Å². The molecule has 4 N–H and O–H groups in total. The van der Waals surface area contributed by atoms with Crippen LogP contribution in [0.15, 0.2) is 30.5 Å². The Hall–Kier alpha value is -1.81. The molecule has 0 saturated heterocycles. The summed E-state index contributed by atoms with van der Waals surface area (Å²) in [7, 11) is 0. The van der Waals surface area contributed by atoms with E-state index in [-0.39, 0.29) is 17.9 Å². The van der Waals surface area contributed by atoms with Gasteiger partial charge in [0, 0.05) is 29.1 Å². The van der Waals surface area contributed by atoms with E-state index in [9.17, 15) is 4.79 Å². The maximum atomic E-state index is 12.3. The predicted octanol–water partition coefficient (Wildman–Crippen LogP) is 2.62. The maximum Gasteiger partial charge on any atom is 0.227 e. The molecule has 19 heavy (non-hydrogen) atoms. The molecule has 0 aliphatic heterocycles. The van der Waals surface area contributed by atoms with Crippen molar-refractivity contribution in [2.24, 2.45) is 11.7 Å². The van der Waals surface area contributed by atoms with Crippen molar-refractivity contribution in [3.05, 3.63) is 30.5 Å². The molecule has 2 aromatic rings. The zero-order chi connectivity index (χ0) is 13.2. The number of benzene rings is 1. The monoisotopic (exact) mass is 257 g/mol. The van der Waals surface area contributed by atoms with Gasteiger partial charge in [0.2, 0.25) is 5.91 Å². The highest BCUT2D eigenvalue weighted by Gasteiger charge is 2.24. The summed E-state index contributed by atoms with van der Waals surface area (Å²) < 4.78 is 0. The van der Waals surface area contributed by atoms with Crippen molar-refractivity contribution in [1.29, 1.82) is 0 Å². The van der Waals surface area contributed by atoms with E-state index in [1.54, 1.807) is 0 Å². The highest BCUT2D eigenvalue weighted by molar-refractivity contribution is 6.02. The standard InChI is InChI=1S/C15H19N3O/c16-11-7-5-10(6-8-11)15(19)18-14-9-17-13-4-2-1-3-12(13)14/h1-4,9-11,17H,5-8,16H2,(H,18,19). The number of nitrogens with two attached hydrogens (primary N) is 1. The van der Waals surface area contributed by atoms with Crippen LogP contribution in [0.3, 0.4) is 0 Å². The molecule has 1 saturated carbocycles. The van der Waals surface area contributed by atoms with E-state index in [1.807, 2.05) is 30.5 Å². The van der Waals surface area contributed by atoms with Gasteiger partial charge in [0.05, 0.1) is 5.69 Å². The number of hydrogen-bond acceptors (Lipinski definition) is 2. The molecule has 1 aliphatic carbocycles. The van der Waals surface area contributed by atoms with Gasteiger partial charge in [-0.25, -0.2) is 0 Å². The number of fused-ring (bicyclic) bond motifs is 1. The lowest BCUT2D eigenvalue weighted by Gasteiger charge is -2.25. The van der Waals surface area contributed by atoms with Crippen LogP contribution in [0.25, 0.3) is 10.9 Å². The molecule has 0 radical (unpaired) electrons. The van der Waals surface area contributed by atoms with E-state index < -0.39 is 0 Å². The van der Waals surface area contributed by atoms with Gasteiger partial charge >= 0.3 is 0 Å². The Kier molecular flexibility index (Phi) is 3.25. The molecule has 100 valence electrons.